The van der Waals surface area contributed by atoms with E-state index in [-0.39, 0.29) is 11.1 Å². The molecule has 1 aliphatic rings. The van der Waals surface area contributed by atoms with Crippen molar-refractivity contribution in [1.82, 2.24) is 19.9 Å². The van der Waals surface area contributed by atoms with E-state index >= 15 is 0 Å². The van der Waals surface area contributed by atoms with E-state index < -0.39 is 17.6 Å². The number of nitrogens with zero attached hydrogens (tertiary/aromatic N) is 4. The third kappa shape index (κ3) is 6.96. The Labute approximate surface area is 236 Å². The first-order valence-corrected chi connectivity index (χ1v) is 13.2. The SMILES string of the molecule is Cc1ccc(NC(=O)c2ccc(C=C3CCN(C)CC3)c(C(F)(F)F)c2)cc1Nc1nccc(-c2cccnc2)n1. The Bertz CT molecular complexity index is 1580. The highest BCUT2D eigenvalue weighted by Gasteiger charge is 2.34. The number of halogens is 3. The Morgan fingerprint density at radius 1 is 1.02 bits per heavy atom. The summed E-state index contributed by atoms with van der Waals surface area (Å²) < 4.78 is 41.9. The smallest absolute Gasteiger partial charge is 0.324 e. The Hall–Kier alpha value is -4.57. The second-order valence-electron chi connectivity index (χ2n) is 10.0. The molecule has 10 heteroatoms. The van der Waals surface area contributed by atoms with Crippen LogP contribution < -0.4 is 10.6 Å². The number of anilines is 3. The van der Waals surface area contributed by atoms with Crippen molar-refractivity contribution < 1.29 is 18.0 Å². The Kier molecular flexibility index (Phi) is 8.11. The highest BCUT2D eigenvalue weighted by atomic mass is 19.4. The van der Waals surface area contributed by atoms with Crippen LogP contribution >= 0.6 is 0 Å². The minimum Gasteiger partial charge on any atom is -0.324 e. The number of hydrogen-bond acceptors (Lipinski definition) is 6. The molecule has 2 N–H and O–H groups in total. The van der Waals surface area contributed by atoms with Gasteiger partial charge in [-0.2, -0.15) is 13.2 Å². The number of aryl methyl sites for hydroxylation is 1. The molecule has 0 aliphatic carbocycles. The third-order valence-electron chi connectivity index (χ3n) is 6.96. The van der Waals surface area contributed by atoms with E-state index in [1.54, 1.807) is 48.9 Å². The molecule has 2 aromatic heterocycles. The van der Waals surface area contributed by atoms with Gasteiger partial charge in [-0.1, -0.05) is 23.8 Å². The summed E-state index contributed by atoms with van der Waals surface area (Å²) in [5, 5.41) is 5.88. The lowest BCUT2D eigenvalue weighted by Gasteiger charge is -2.24. The van der Waals surface area contributed by atoms with E-state index in [1.807, 2.05) is 26.1 Å². The Morgan fingerprint density at radius 2 is 1.83 bits per heavy atom. The molecule has 2 aromatic carbocycles. The summed E-state index contributed by atoms with van der Waals surface area (Å²) in [5.74, 6) is -0.291. The summed E-state index contributed by atoms with van der Waals surface area (Å²) in [6.07, 6.45) is 3.47. The first-order chi connectivity index (χ1) is 19.7. The van der Waals surface area contributed by atoms with E-state index in [1.165, 1.54) is 12.1 Å². The van der Waals surface area contributed by atoms with Crippen molar-refractivity contribution in [1.29, 1.82) is 0 Å². The second kappa shape index (κ2) is 11.9. The molecule has 0 spiro atoms. The van der Waals surface area contributed by atoms with Crippen LogP contribution in [0.1, 0.15) is 39.9 Å². The minimum absolute atomic E-state index is 0.0731. The van der Waals surface area contributed by atoms with E-state index in [2.05, 4.69) is 30.5 Å². The lowest BCUT2D eigenvalue weighted by Crippen LogP contribution is -2.26. The maximum atomic E-state index is 14.0. The maximum absolute atomic E-state index is 14.0. The van der Waals surface area contributed by atoms with Crippen molar-refractivity contribution in [2.75, 3.05) is 30.8 Å². The van der Waals surface area contributed by atoms with Gasteiger partial charge in [-0.25, -0.2) is 9.97 Å². The normalized spacial score (nSPS) is 14.0. The third-order valence-corrected chi connectivity index (χ3v) is 6.96. The number of carbonyl (C=O) groups excluding carboxylic acids is 1. The first kappa shape index (κ1) is 28.0. The summed E-state index contributed by atoms with van der Waals surface area (Å²) in [5.41, 5.74) is 3.59. The topological polar surface area (TPSA) is 83.0 Å². The molecule has 0 radical (unpaired) electrons. The number of alkyl halides is 3. The first-order valence-electron chi connectivity index (χ1n) is 13.2. The predicted molar refractivity (Wildman–Crippen MR) is 154 cm³/mol. The fraction of sp³-hybridized carbons (Fsp3) is 0.226. The molecule has 0 unspecified atom stereocenters. The molecule has 1 amide bonds. The van der Waals surface area contributed by atoms with Crippen LogP contribution in [0.4, 0.5) is 30.5 Å². The summed E-state index contributed by atoms with van der Waals surface area (Å²) in [6.45, 7) is 3.50. The fourth-order valence-electron chi connectivity index (χ4n) is 4.59. The van der Waals surface area contributed by atoms with Crippen molar-refractivity contribution in [2.45, 2.75) is 25.9 Å². The van der Waals surface area contributed by atoms with Crippen LogP contribution in [0.2, 0.25) is 0 Å². The van der Waals surface area contributed by atoms with Crippen molar-refractivity contribution in [3.63, 3.8) is 0 Å². The number of nitrogens with one attached hydrogen (secondary N) is 2. The quantitative estimate of drug-likeness (QED) is 0.266. The van der Waals surface area contributed by atoms with E-state index in [0.717, 1.165) is 48.7 Å². The van der Waals surface area contributed by atoms with Gasteiger partial charge < -0.3 is 15.5 Å². The van der Waals surface area contributed by atoms with E-state index in [9.17, 15) is 18.0 Å². The number of aromatic nitrogens is 3. The van der Waals surface area contributed by atoms with Gasteiger partial charge in [0.05, 0.1) is 11.3 Å². The van der Waals surface area contributed by atoms with Gasteiger partial charge in [0.2, 0.25) is 5.95 Å². The predicted octanol–water partition coefficient (Wildman–Crippen LogP) is 6.97. The molecule has 0 saturated carbocycles. The average Bonchev–Trinajstić information content (AvgIpc) is 2.96. The summed E-state index contributed by atoms with van der Waals surface area (Å²) in [6, 6.07) is 14.4. The number of hydrogen-bond donors (Lipinski definition) is 2. The number of carbonyl (C=O) groups is 1. The van der Waals surface area contributed by atoms with Gasteiger partial charge in [-0.15, -0.1) is 0 Å². The standard InChI is InChI=1S/C31H29F3N6O/c1-20-5-8-25(18-28(20)39-30-36-13-9-27(38-30)24-4-3-12-35-19-24)37-29(41)23-7-6-22(26(17-23)31(32,33)34)16-21-10-14-40(2)15-11-21/h3-9,12-13,16-19H,10-11,14-15H2,1-2H3,(H,37,41)(H,36,38,39). The van der Waals surface area contributed by atoms with Crippen molar-refractivity contribution >= 4 is 29.3 Å². The lowest BCUT2D eigenvalue weighted by atomic mass is 9.97. The van der Waals surface area contributed by atoms with Gasteiger partial charge in [0.1, 0.15) is 0 Å². The monoisotopic (exact) mass is 558 g/mol. The lowest BCUT2D eigenvalue weighted by molar-refractivity contribution is -0.137. The Balaban J connectivity index is 1.35. The zero-order valence-electron chi connectivity index (χ0n) is 22.7. The summed E-state index contributed by atoms with van der Waals surface area (Å²) >= 11 is 0. The molecule has 1 fully saturated rings. The van der Waals surface area contributed by atoms with Crippen LogP contribution in [-0.2, 0) is 6.18 Å². The molecule has 5 rings (SSSR count). The number of rotatable bonds is 6. The molecule has 4 aromatic rings. The Morgan fingerprint density at radius 3 is 2.56 bits per heavy atom. The van der Waals surface area contributed by atoms with Crippen LogP contribution in [0.25, 0.3) is 17.3 Å². The van der Waals surface area contributed by atoms with Gasteiger partial charge >= 0.3 is 6.18 Å². The van der Waals surface area contributed by atoms with Gasteiger partial charge in [-0.3, -0.25) is 9.78 Å². The molecule has 0 bridgehead atoms. The number of pyridine rings is 1. The van der Waals surface area contributed by atoms with Gasteiger partial charge in [0.15, 0.2) is 0 Å². The fourth-order valence-corrected chi connectivity index (χ4v) is 4.59. The largest absolute Gasteiger partial charge is 0.417 e. The van der Waals surface area contributed by atoms with E-state index in [0.29, 0.717) is 23.0 Å². The van der Waals surface area contributed by atoms with Gasteiger partial charge in [0, 0.05) is 54.2 Å². The average molecular weight is 559 g/mol. The highest BCUT2D eigenvalue weighted by Crippen LogP contribution is 2.35. The number of piperidine rings is 1. The molecular weight excluding hydrogens is 529 g/mol. The van der Waals surface area contributed by atoms with Crippen molar-refractivity contribution in [2.24, 2.45) is 0 Å². The zero-order chi connectivity index (χ0) is 29.0. The second-order valence-corrected chi connectivity index (χ2v) is 10.0. The summed E-state index contributed by atoms with van der Waals surface area (Å²) in [4.78, 5) is 28.1. The summed E-state index contributed by atoms with van der Waals surface area (Å²) in [7, 11) is 1.99. The molecule has 210 valence electrons. The van der Waals surface area contributed by atoms with Crippen molar-refractivity contribution in [3.8, 4) is 11.3 Å². The molecule has 41 heavy (non-hydrogen) atoms. The van der Waals surface area contributed by atoms with Crippen molar-refractivity contribution in [3.05, 3.63) is 101 Å². The zero-order valence-corrected chi connectivity index (χ0v) is 22.7. The van der Waals surface area contributed by atoms with Crippen LogP contribution in [0.5, 0.6) is 0 Å². The van der Waals surface area contributed by atoms with Gasteiger partial charge in [0.25, 0.3) is 5.91 Å². The van der Waals surface area contributed by atoms with Crippen LogP contribution in [0, 0.1) is 6.92 Å². The molecular formula is C31H29F3N6O. The minimum atomic E-state index is -4.60. The van der Waals surface area contributed by atoms with Crippen LogP contribution in [0.3, 0.4) is 0 Å². The maximum Gasteiger partial charge on any atom is 0.417 e. The van der Waals surface area contributed by atoms with Gasteiger partial charge in [-0.05, 0) is 80.4 Å². The van der Waals surface area contributed by atoms with Crippen LogP contribution in [-0.4, -0.2) is 45.9 Å². The molecule has 1 aliphatic heterocycles. The number of amides is 1. The molecule has 3 heterocycles. The molecule has 1 saturated heterocycles. The highest BCUT2D eigenvalue weighted by molar-refractivity contribution is 6.04. The molecule has 0 atom stereocenters. The molecule has 7 nitrogen and oxygen atoms in total. The number of benzene rings is 2. The van der Waals surface area contributed by atoms with E-state index in [4.69, 9.17) is 0 Å². The van der Waals surface area contributed by atoms with Crippen LogP contribution in [0.15, 0.2) is 78.8 Å². The number of likely N-dealkylation sites (tertiary alicyclic amines) is 1.